The Labute approximate surface area is 139 Å². The highest BCUT2D eigenvalue weighted by Gasteiger charge is 2.18. The Morgan fingerprint density at radius 2 is 2.08 bits per heavy atom. The second-order valence-electron chi connectivity index (χ2n) is 5.54. The topological polar surface area (TPSA) is 73.5 Å². The van der Waals surface area contributed by atoms with Crippen molar-refractivity contribution in [2.45, 2.75) is 13.3 Å². The fraction of sp³-hybridized carbons (Fsp3) is 0.333. The molecule has 0 atom stereocenters. The molecule has 0 aliphatic heterocycles. The van der Waals surface area contributed by atoms with Crippen LogP contribution < -0.4 is 10.9 Å². The summed E-state index contributed by atoms with van der Waals surface area (Å²) in [7, 11) is 1.78. The van der Waals surface area contributed by atoms with Gasteiger partial charge in [-0.2, -0.15) is 0 Å². The van der Waals surface area contributed by atoms with Crippen LogP contribution in [-0.4, -0.2) is 30.2 Å². The predicted molar refractivity (Wildman–Crippen MR) is 92.4 cm³/mol. The Morgan fingerprint density at radius 3 is 2.88 bits per heavy atom. The number of nitrogens with zero attached hydrogens (tertiary/aromatic N) is 1. The lowest BCUT2D eigenvalue weighted by atomic mass is 10.2. The summed E-state index contributed by atoms with van der Waals surface area (Å²) in [5.74, 6) is -0.214. The van der Waals surface area contributed by atoms with E-state index in [1.807, 2.05) is 25.1 Å². The molecular weight excluding hydrogens is 308 g/mol. The number of carbonyl (C=O) groups excluding carboxylic acids is 1. The van der Waals surface area contributed by atoms with Crippen molar-refractivity contribution in [3.63, 3.8) is 0 Å². The number of hydrogen-bond acceptors (Lipinski definition) is 4. The van der Waals surface area contributed by atoms with Gasteiger partial charge in [-0.25, -0.2) is 4.79 Å². The third kappa shape index (κ3) is 2.92. The van der Waals surface area contributed by atoms with Crippen LogP contribution in [0.25, 0.3) is 21.9 Å². The number of benzene rings is 1. The normalized spacial score (nSPS) is 11.2. The maximum atomic E-state index is 12.4. The number of amides is 1. The zero-order chi connectivity index (χ0) is 17.1. The molecule has 3 rings (SSSR count). The molecule has 0 bridgehead atoms. The van der Waals surface area contributed by atoms with E-state index in [-0.39, 0.29) is 5.91 Å². The van der Waals surface area contributed by atoms with Gasteiger partial charge in [0.1, 0.15) is 11.3 Å². The Hall–Kier alpha value is -2.60. The van der Waals surface area contributed by atoms with Gasteiger partial charge in [0, 0.05) is 32.2 Å². The van der Waals surface area contributed by atoms with Gasteiger partial charge in [0.05, 0.1) is 10.9 Å². The average molecular weight is 328 g/mol. The van der Waals surface area contributed by atoms with E-state index < -0.39 is 5.63 Å². The molecule has 1 aromatic carbocycles. The Bertz CT molecular complexity index is 939. The molecular formula is C18H20N2O4. The molecule has 0 saturated heterocycles. The summed E-state index contributed by atoms with van der Waals surface area (Å²) < 4.78 is 12.3. The maximum absolute atomic E-state index is 12.4. The smallest absolute Gasteiger partial charge is 0.345 e. The highest BCUT2D eigenvalue weighted by atomic mass is 16.5. The second kappa shape index (κ2) is 6.88. The summed E-state index contributed by atoms with van der Waals surface area (Å²) in [6.45, 7) is 3.74. The molecule has 0 aliphatic rings. The highest BCUT2D eigenvalue weighted by molar-refractivity contribution is 6.07. The first-order chi connectivity index (χ1) is 11.6. The Balaban J connectivity index is 1.94. The number of rotatable bonds is 6. The van der Waals surface area contributed by atoms with Gasteiger partial charge in [-0.15, -0.1) is 0 Å². The molecule has 0 radical (unpaired) electrons. The molecule has 0 aliphatic carbocycles. The molecule has 0 unspecified atom stereocenters. The van der Waals surface area contributed by atoms with Crippen molar-refractivity contribution in [2.24, 2.45) is 7.05 Å². The van der Waals surface area contributed by atoms with Gasteiger partial charge in [-0.3, -0.25) is 4.79 Å². The van der Waals surface area contributed by atoms with Crippen LogP contribution in [0.2, 0.25) is 0 Å². The number of nitrogens with one attached hydrogen (secondary N) is 1. The number of carbonyl (C=O) groups is 1. The quantitative estimate of drug-likeness (QED) is 0.557. The zero-order valence-electron chi connectivity index (χ0n) is 13.8. The van der Waals surface area contributed by atoms with Gasteiger partial charge >= 0.3 is 5.63 Å². The van der Waals surface area contributed by atoms with E-state index in [1.54, 1.807) is 23.7 Å². The molecule has 1 N–H and O–H groups in total. The summed E-state index contributed by atoms with van der Waals surface area (Å²) in [4.78, 5) is 24.6. The van der Waals surface area contributed by atoms with E-state index in [0.29, 0.717) is 41.9 Å². The minimum atomic E-state index is -0.435. The summed E-state index contributed by atoms with van der Waals surface area (Å²) in [5.41, 5.74) is 1.22. The zero-order valence-corrected chi connectivity index (χ0v) is 13.8. The van der Waals surface area contributed by atoms with Crippen LogP contribution >= 0.6 is 0 Å². The minimum Gasteiger partial charge on any atom is -0.422 e. The molecule has 1 amide bonds. The van der Waals surface area contributed by atoms with Crippen molar-refractivity contribution >= 4 is 27.8 Å². The van der Waals surface area contributed by atoms with E-state index >= 15 is 0 Å². The molecule has 2 heterocycles. The molecule has 6 heteroatoms. The first kappa shape index (κ1) is 16.3. The fourth-order valence-electron chi connectivity index (χ4n) is 2.82. The average Bonchev–Trinajstić information content (AvgIpc) is 2.93. The van der Waals surface area contributed by atoms with E-state index in [1.165, 1.54) is 0 Å². The van der Waals surface area contributed by atoms with Gasteiger partial charge in [-0.05, 0) is 31.5 Å². The Kier molecular flexibility index (Phi) is 4.66. The standard InChI is InChI=1S/C18H20N2O4/c1-3-23-10-6-9-19-17(21)14-11-13-16(20(14)2)12-7-4-5-8-15(12)24-18(13)22/h4-5,7-8,11H,3,6,9-10H2,1-2H3,(H,19,21). The lowest BCUT2D eigenvalue weighted by Crippen LogP contribution is -2.27. The molecule has 24 heavy (non-hydrogen) atoms. The SMILES string of the molecule is CCOCCCNC(=O)c1cc2c(=O)oc3ccccc3c2n1C. The summed E-state index contributed by atoms with van der Waals surface area (Å²) >= 11 is 0. The van der Waals surface area contributed by atoms with Crippen LogP contribution in [0.4, 0.5) is 0 Å². The molecule has 0 spiro atoms. The van der Waals surface area contributed by atoms with Crippen molar-refractivity contribution in [1.29, 1.82) is 0 Å². The van der Waals surface area contributed by atoms with Crippen molar-refractivity contribution in [1.82, 2.24) is 9.88 Å². The van der Waals surface area contributed by atoms with Crippen LogP contribution in [0, 0.1) is 0 Å². The van der Waals surface area contributed by atoms with Crippen molar-refractivity contribution in [3.8, 4) is 0 Å². The van der Waals surface area contributed by atoms with Crippen LogP contribution in [0.5, 0.6) is 0 Å². The monoisotopic (exact) mass is 328 g/mol. The van der Waals surface area contributed by atoms with E-state index in [0.717, 1.165) is 11.8 Å². The number of aryl methyl sites for hydroxylation is 1. The minimum absolute atomic E-state index is 0.214. The largest absolute Gasteiger partial charge is 0.422 e. The third-order valence-electron chi connectivity index (χ3n) is 3.99. The molecule has 0 fully saturated rings. The van der Waals surface area contributed by atoms with E-state index in [4.69, 9.17) is 9.15 Å². The first-order valence-electron chi connectivity index (χ1n) is 8.00. The first-order valence-corrected chi connectivity index (χ1v) is 8.00. The van der Waals surface area contributed by atoms with Crippen molar-refractivity contribution in [2.75, 3.05) is 19.8 Å². The molecule has 0 saturated carbocycles. The molecule has 3 aromatic rings. The number of aromatic nitrogens is 1. The van der Waals surface area contributed by atoms with Crippen LogP contribution in [0.1, 0.15) is 23.8 Å². The van der Waals surface area contributed by atoms with Crippen LogP contribution in [0.3, 0.4) is 0 Å². The number of fused-ring (bicyclic) bond motifs is 3. The van der Waals surface area contributed by atoms with Crippen molar-refractivity contribution < 1.29 is 13.9 Å². The van der Waals surface area contributed by atoms with E-state index in [2.05, 4.69) is 5.32 Å². The van der Waals surface area contributed by atoms with Gasteiger partial charge in [0.2, 0.25) is 0 Å². The number of ether oxygens (including phenoxy) is 1. The lowest BCUT2D eigenvalue weighted by molar-refractivity contribution is 0.0936. The van der Waals surface area contributed by atoms with E-state index in [9.17, 15) is 9.59 Å². The van der Waals surface area contributed by atoms with Crippen molar-refractivity contribution in [3.05, 3.63) is 46.4 Å². The van der Waals surface area contributed by atoms with Gasteiger partial charge in [0.15, 0.2) is 0 Å². The molecule has 126 valence electrons. The highest BCUT2D eigenvalue weighted by Crippen LogP contribution is 2.25. The van der Waals surface area contributed by atoms with Crippen LogP contribution in [-0.2, 0) is 11.8 Å². The van der Waals surface area contributed by atoms with Gasteiger partial charge in [-0.1, -0.05) is 12.1 Å². The Morgan fingerprint density at radius 1 is 1.29 bits per heavy atom. The number of para-hydroxylation sites is 1. The predicted octanol–water partition coefficient (Wildman–Crippen LogP) is 2.44. The fourth-order valence-corrected chi connectivity index (χ4v) is 2.82. The van der Waals surface area contributed by atoms with Gasteiger partial charge in [0.25, 0.3) is 5.91 Å². The summed E-state index contributed by atoms with van der Waals surface area (Å²) in [6, 6.07) is 8.90. The lowest BCUT2D eigenvalue weighted by Gasteiger charge is -2.07. The molecule has 2 aromatic heterocycles. The maximum Gasteiger partial charge on any atom is 0.345 e. The van der Waals surface area contributed by atoms with Gasteiger partial charge < -0.3 is 19.0 Å². The third-order valence-corrected chi connectivity index (χ3v) is 3.99. The summed E-state index contributed by atoms with van der Waals surface area (Å²) in [5, 5.41) is 4.08. The van der Waals surface area contributed by atoms with Crippen LogP contribution in [0.15, 0.2) is 39.5 Å². The molecule has 6 nitrogen and oxygen atoms in total. The summed E-state index contributed by atoms with van der Waals surface area (Å²) in [6.07, 6.45) is 0.745. The second-order valence-corrected chi connectivity index (χ2v) is 5.54. The number of hydrogen-bond donors (Lipinski definition) is 1.